The van der Waals surface area contributed by atoms with Gasteiger partial charge in [0, 0.05) is 23.0 Å². The molecule has 1 saturated carbocycles. The Hall–Kier alpha value is -1.46. The highest BCUT2D eigenvalue weighted by Crippen LogP contribution is 2.38. The molecule has 3 heterocycles. The second kappa shape index (κ2) is 5.39. The Labute approximate surface area is 133 Å². The average molecular weight is 321 g/mol. The predicted molar refractivity (Wildman–Crippen MR) is 90.7 cm³/mol. The summed E-state index contributed by atoms with van der Waals surface area (Å²) >= 11 is 1.69. The van der Waals surface area contributed by atoms with Crippen molar-refractivity contribution < 1.29 is 0 Å². The van der Waals surface area contributed by atoms with Crippen molar-refractivity contribution in [2.75, 3.05) is 5.32 Å². The summed E-state index contributed by atoms with van der Waals surface area (Å²) in [6, 6.07) is 2.68. The number of halogens is 1. The third-order valence-corrected chi connectivity index (χ3v) is 5.34. The molecule has 1 aliphatic carbocycles. The third kappa shape index (κ3) is 2.24. The number of rotatable bonds is 2. The molecular weight excluding hydrogens is 304 g/mol. The molecule has 0 spiro atoms. The Balaban J connectivity index is 0.00000132. The maximum absolute atomic E-state index is 4.53. The monoisotopic (exact) mass is 320 g/mol. The van der Waals surface area contributed by atoms with Crippen LogP contribution in [0.2, 0.25) is 0 Å². The first-order valence-electron chi connectivity index (χ1n) is 7.01. The van der Waals surface area contributed by atoms with Crippen LogP contribution in [0.4, 0.5) is 5.82 Å². The topological polar surface area (TPSA) is 50.7 Å². The van der Waals surface area contributed by atoms with Crippen molar-refractivity contribution in [2.24, 2.45) is 0 Å². The Morgan fingerprint density at radius 1 is 1.24 bits per heavy atom. The summed E-state index contributed by atoms with van der Waals surface area (Å²) in [6.07, 6.45) is 5.72. The third-order valence-electron chi connectivity index (χ3n) is 4.24. The molecule has 0 aromatic carbocycles. The van der Waals surface area contributed by atoms with Crippen LogP contribution in [-0.4, -0.2) is 21.2 Å². The van der Waals surface area contributed by atoms with Gasteiger partial charge in [-0.05, 0) is 44.7 Å². The minimum Gasteiger partial charge on any atom is -0.366 e. The lowest BCUT2D eigenvalue weighted by molar-refractivity contribution is 0.445. The molecule has 1 aliphatic rings. The van der Waals surface area contributed by atoms with E-state index in [1.54, 1.807) is 11.3 Å². The molecule has 3 aromatic heterocycles. The van der Waals surface area contributed by atoms with Gasteiger partial charge in [0.25, 0.3) is 0 Å². The molecule has 0 unspecified atom stereocenters. The van der Waals surface area contributed by atoms with Gasteiger partial charge in [0.1, 0.15) is 10.6 Å². The number of hydrogen-bond acceptors (Lipinski definition) is 5. The minimum absolute atomic E-state index is 0. The molecule has 4 nitrogen and oxygen atoms in total. The van der Waals surface area contributed by atoms with E-state index >= 15 is 0 Å². The first-order chi connectivity index (χ1) is 9.74. The fraction of sp³-hybridized carbons (Fsp3) is 0.400. The summed E-state index contributed by atoms with van der Waals surface area (Å²) in [7, 11) is 0. The lowest BCUT2D eigenvalue weighted by Crippen LogP contribution is -2.27. The second-order valence-electron chi connectivity index (χ2n) is 5.50. The zero-order valence-corrected chi connectivity index (χ0v) is 13.6. The van der Waals surface area contributed by atoms with Gasteiger partial charge < -0.3 is 5.32 Å². The number of aromatic nitrogens is 3. The summed E-state index contributed by atoms with van der Waals surface area (Å²) in [5.41, 5.74) is 2.23. The Morgan fingerprint density at radius 3 is 2.76 bits per heavy atom. The largest absolute Gasteiger partial charge is 0.366 e. The number of nitrogens with zero attached hydrogens (tertiary/aromatic N) is 3. The second-order valence-corrected chi connectivity index (χ2v) is 6.50. The van der Waals surface area contributed by atoms with E-state index < -0.39 is 0 Å². The van der Waals surface area contributed by atoms with Crippen LogP contribution >= 0.6 is 23.7 Å². The summed E-state index contributed by atoms with van der Waals surface area (Å²) in [5.74, 6) is 1.01. The van der Waals surface area contributed by atoms with Crippen LogP contribution in [0.1, 0.15) is 30.5 Å². The summed E-state index contributed by atoms with van der Waals surface area (Å²) < 4.78 is 1.21. The van der Waals surface area contributed by atoms with Gasteiger partial charge in [0.05, 0.1) is 10.4 Å². The van der Waals surface area contributed by atoms with Crippen molar-refractivity contribution in [2.45, 2.75) is 39.2 Å². The highest BCUT2D eigenvalue weighted by molar-refractivity contribution is 7.26. The SMILES string of the molecule is Cc1nnc2sc3c(NC4CCC4)nccc3c2c1C.Cl. The van der Waals surface area contributed by atoms with Crippen molar-refractivity contribution in [3.8, 4) is 0 Å². The first-order valence-corrected chi connectivity index (χ1v) is 7.83. The summed E-state index contributed by atoms with van der Waals surface area (Å²) in [5, 5.41) is 14.6. The van der Waals surface area contributed by atoms with E-state index in [4.69, 9.17) is 0 Å². The highest BCUT2D eigenvalue weighted by Gasteiger charge is 2.20. The van der Waals surface area contributed by atoms with E-state index in [9.17, 15) is 0 Å². The van der Waals surface area contributed by atoms with Gasteiger partial charge in [0.2, 0.25) is 0 Å². The van der Waals surface area contributed by atoms with Crippen LogP contribution in [0.15, 0.2) is 12.3 Å². The van der Waals surface area contributed by atoms with E-state index in [0.717, 1.165) is 16.3 Å². The van der Waals surface area contributed by atoms with Crippen LogP contribution in [0.25, 0.3) is 20.3 Å². The molecule has 4 rings (SSSR count). The molecule has 0 bridgehead atoms. The van der Waals surface area contributed by atoms with Gasteiger partial charge in [-0.15, -0.1) is 28.8 Å². The molecule has 0 amide bonds. The number of fused-ring (bicyclic) bond motifs is 3. The Bertz CT molecular complexity index is 810. The molecule has 1 N–H and O–H groups in total. The van der Waals surface area contributed by atoms with Crippen LogP contribution in [0.3, 0.4) is 0 Å². The first kappa shape index (κ1) is 14.5. The summed E-state index contributed by atoms with van der Waals surface area (Å²) in [6.45, 7) is 4.14. The molecule has 3 aromatic rings. The quantitative estimate of drug-likeness (QED) is 0.767. The average Bonchev–Trinajstić information content (AvgIpc) is 2.78. The van der Waals surface area contributed by atoms with Crippen molar-refractivity contribution in [3.05, 3.63) is 23.5 Å². The zero-order chi connectivity index (χ0) is 13.7. The van der Waals surface area contributed by atoms with E-state index in [2.05, 4.69) is 33.5 Å². The Morgan fingerprint density at radius 2 is 2.05 bits per heavy atom. The molecule has 0 atom stereocenters. The van der Waals surface area contributed by atoms with E-state index in [-0.39, 0.29) is 12.4 Å². The van der Waals surface area contributed by atoms with Gasteiger partial charge in [-0.3, -0.25) is 0 Å². The van der Waals surface area contributed by atoms with E-state index in [1.807, 2.05) is 13.1 Å². The number of aryl methyl sites for hydroxylation is 2. The fourth-order valence-electron chi connectivity index (χ4n) is 2.67. The minimum atomic E-state index is 0. The summed E-state index contributed by atoms with van der Waals surface area (Å²) in [4.78, 5) is 5.53. The predicted octanol–water partition coefficient (Wildman–Crippen LogP) is 4.24. The standard InChI is InChI=1S/C15H16N4S.ClH/c1-8-9(2)18-19-15-12(8)11-6-7-16-14(13(11)20-15)17-10-4-3-5-10;/h6-7,10H,3-5H2,1-2H3,(H,16,17);1H. The lowest BCUT2D eigenvalue weighted by Gasteiger charge is -2.27. The van der Waals surface area contributed by atoms with Gasteiger partial charge in [-0.25, -0.2) is 4.98 Å². The van der Waals surface area contributed by atoms with Gasteiger partial charge in [-0.1, -0.05) is 0 Å². The van der Waals surface area contributed by atoms with Gasteiger partial charge in [-0.2, -0.15) is 5.10 Å². The molecule has 0 aliphatic heterocycles. The molecule has 0 radical (unpaired) electrons. The lowest BCUT2D eigenvalue weighted by atomic mass is 9.93. The molecular formula is C15H17ClN4S. The molecule has 1 fully saturated rings. The van der Waals surface area contributed by atoms with E-state index in [0.29, 0.717) is 6.04 Å². The van der Waals surface area contributed by atoms with Crippen LogP contribution < -0.4 is 5.32 Å². The smallest absolute Gasteiger partial charge is 0.147 e. The van der Waals surface area contributed by atoms with E-state index in [1.165, 1.54) is 40.3 Å². The number of hydrogen-bond donors (Lipinski definition) is 1. The molecule has 0 saturated heterocycles. The molecule has 21 heavy (non-hydrogen) atoms. The fourth-order valence-corrected chi connectivity index (χ4v) is 3.80. The van der Waals surface area contributed by atoms with Gasteiger partial charge in [0.15, 0.2) is 0 Å². The number of thiophene rings is 1. The van der Waals surface area contributed by atoms with Gasteiger partial charge >= 0.3 is 0 Å². The zero-order valence-electron chi connectivity index (χ0n) is 12.0. The number of anilines is 1. The van der Waals surface area contributed by atoms with Crippen LogP contribution in [0.5, 0.6) is 0 Å². The van der Waals surface area contributed by atoms with Crippen LogP contribution in [-0.2, 0) is 0 Å². The molecule has 110 valence electrons. The number of nitrogens with one attached hydrogen (secondary N) is 1. The Kier molecular flexibility index (Phi) is 3.71. The highest BCUT2D eigenvalue weighted by atomic mass is 35.5. The number of pyridine rings is 1. The van der Waals surface area contributed by atoms with Crippen molar-refractivity contribution in [1.82, 2.24) is 15.2 Å². The maximum Gasteiger partial charge on any atom is 0.147 e. The normalized spacial score (nSPS) is 15.0. The van der Waals surface area contributed by atoms with Crippen molar-refractivity contribution in [1.29, 1.82) is 0 Å². The van der Waals surface area contributed by atoms with Crippen molar-refractivity contribution >= 4 is 49.9 Å². The van der Waals surface area contributed by atoms with Crippen LogP contribution in [0, 0.1) is 13.8 Å². The maximum atomic E-state index is 4.53. The molecule has 6 heteroatoms. The van der Waals surface area contributed by atoms with Crippen molar-refractivity contribution in [3.63, 3.8) is 0 Å².